The normalized spacial score (nSPS) is 15.8. The zero-order valence-electron chi connectivity index (χ0n) is 32.9. The molecule has 19 nitrogen and oxygen atoms in total. The summed E-state index contributed by atoms with van der Waals surface area (Å²) in [6.45, 7) is 0.833. The fourth-order valence-corrected chi connectivity index (χ4v) is 8.25. The Morgan fingerprint density at radius 2 is 1.53 bits per heavy atom. The van der Waals surface area contributed by atoms with E-state index in [1.54, 1.807) is 53.6 Å². The van der Waals surface area contributed by atoms with Crippen molar-refractivity contribution in [3.05, 3.63) is 125 Å². The maximum atomic E-state index is 14.3. The van der Waals surface area contributed by atoms with Crippen molar-refractivity contribution in [2.24, 2.45) is 17.2 Å². The lowest BCUT2D eigenvalue weighted by atomic mass is 9.66. The molecule has 3 aliphatic rings. The number of hydrogen-bond donors (Lipinski definition) is 5. The van der Waals surface area contributed by atoms with Crippen molar-refractivity contribution in [1.29, 1.82) is 0 Å². The van der Waals surface area contributed by atoms with E-state index in [2.05, 4.69) is 51.1 Å². The quantitative estimate of drug-likeness (QED) is 0.104. The topological polar surface area (TPSA) is 274 Å². The van der Waals surface area contributed by atoms with Gasteiger partial charge in [-0.15, -0.1) is 15.3 Å². The summed E-state index contributed by atoms with van der Waals surface area (Å²) in [5.74, 6) is -1.56. The number of aromatic nitrogens is 9. The minimum atomic E-state index is -0.734. The minimum Gasteiger partial charge on any atom is -0.465 e. The van der Waals surface area contributed by atoms with Gasteiger partial charge in [0, 0.05) is 30.6 Å². The number of nitrogens with one attached hydrogen (secondary N) is 2. The summed E-state index contributed by atoms with van der Waals surface area (Å²) in [6, 6.07) is 13.1. The third-order valence-corrected chi connectivity index (χ3v) is 11.9. The number of anilines is 3. The van der Waals surface area contributed by atoms with Gasteiger partial charge in [0.15, 0.2) is 12.4 Å². The van der Waals surface area contributed by atoms with E-state index in [0.717, 1.165) is 49.9 Å². The van der Waals surface area contributed by atoms with Gasteiger partial charge in [0.25, 0.3) is 17.7 Å². The lowest BCUT2D eigenvalue weighted by molar-refractivity contribution is -0.117. The van der Waals surface area contributed by atoms with Crippen LogP contribution in [0, 0.1) is 11.6 Å². The summed E-state index contributed by atoms with van der Waals surface area (Å²) in [7, 11) is 0. The molecule has 0 aromatic carbocycles. The summed E-state index contributed by atoms with van der Waals surface area (Å²) in [4.78, 5) is 48.8. The summed E-state index contributed by atoms with van der Waals surface area (Å²) >= 11 is 1.15. The first kappa shape index (κ1) is 41.3. The molecule has 2 saturated carbocycles. The summed E-state index contributed by atoms with van der Waals surface area (Å²) in [6.07, 6.45) is 12.8. The van der Waals surface area contributed by atoms with E-state index < -0.39 is 23.3 Å². The van der Waals surface area contributed by atoms with E-state index in [1.807, 2.05) is 6.07 Å². The Balaban J connectivity index is 0.000000176. The molecular formula is C40H39F2N15O4S. The predicted molar refractivity (Wildman–Crippen MR) is 221 cm³/mol. The lowest BCUT2D eigenvalue weighted by Crippen LogP contribution is -2.43. The number of carbonyl (C=O) groups is 3. The van der Waals surface area contributed by atoms with Crippen molar-refractivity contribution >= 4 is 45.7 Å². The number of nitrogens with two attached hydrogens (primary N) is 3. The van der Waals surface area contributed by atoms with Gasteiger partial charge in [-0.1, -0.05) is 17.8 Å². The van der Waals surface area contributed by atoms with Gasteiger partial charge in [-0.25, -0.2) is 13.8 Å². The predicted octanol–water partition coefficient (Wildman–Crippen LogP) is 3.73. The summed E-state index contributed by atoms with van der Waals surface area (Å²) in [5.41, 5.74) is 17.4. The molecule has 22 heteroatoms. The Hall–Kier alpha value is -7.49. The van der Waals surface area contributed by atoms with Crippen LogP contribution in [0.5, 0.6) is 0 Å². The van der Waals surface area contributed by atoms with Gasteiger partial charge in [-0.2, -0.15) is 10.2 Å². The van der Waals surface area contributed by atoms with Crippen LogP contribution < -0.4 is 32.7 Å². The number of pyridine rings is 2. The highest BCUT2D eigenvalue weighted by Gasteiger charge is 2.43. The van der Waals surface area contributed by atoms with Crippen LogP contribution in [0.2, 0.25) is 0 Å². The molecule has 0 spiro atoms. The fourth-order valence-electron chi connectivity index (χ4n) is 7.25. The average molecular weight is 864 g/mol. The highest BCUT2D eigenvalue weighted by Crippen LogP contribution is 2.45. The molecule has 0 saturated heterocycles. The second kappa shape index (κ2) is 17.2. The van der Waals surface area contributed by atoms with Crippen LogP contribution in [-0.2, 0) is 27.0 Å². The van der Waals surface area contributed by atoms with Crippen LogP contribution in [0.25, 0.3) is 10.7 Å². The highest BCUT2D eigenvalue weighted by atomic mass is 32.1. The zero-order chi connectivity index (χ0) is 43.4. The number of rotatable bonds is 14. The number of amides is 3. The van der Waals surface area contributed by atoms with Crippen molar-refractivity contribution in [1.82, 2.24) is 45.1 Å². The molecule has 6 aromatic heterocycles. The van der Waals surface area contributed by atoms with Gasteiger partial charge in [0.05, 0.1) is 41.4 Å². The van der Waals surface area contributed by atoms with E-state index in [1.165, 1.54) is 29.4 Å². The largest absolute Gasteiger partial charge is 0.465 e. The molecule has 318 valence electrons. The SMILES string of the molecule is NC(=O)C1=CN(c2sc(-c3ccc(NCC4(c5ncccc5F)CCC4)nn3)nc2C(N)=O)CO1.NC(=O)c1cnn(Cc2ccc(NC3(c4ncccc4F)CCC3)nn2)c1. The number of hydrogen-bond acceptors (Lipinski definition) is 16. The molecule has 2 aliphatic carbocycles. The fraction of sp³-hybridized carbons (Fsp3) is 0.275. The average Bonchev–Trinajstić information content (AvgIpc) is 4.02. The number of thiazole rings is 1. The number of ether oxygens (including phenoxy) is 1. The molecule has 0 unspecified atom stereocenters. The summed E-state index contributed by atoms with van der Waals surface area (Å²) < 4.78 is 35.3. The van der Waals surface area contributed by atoms with Crippen LogP contribution in [-0.4, -0.2) is 76.1 Å². The Morgan fingerprint density at radius 3 is 2.08 bits per heavy atom. The Labute approximate surface area is 355 Å². The lowest BCUT2D eigenvalue weighted by Gasteiger charge is -2.42. The van der Waals surface area contributed by atoms with Crippen LogP contribution in [0.3, 0.4) is 0 Å². The monoisotopic (exact) mass is 863 g/mol. The first-order chi connectivity index (χ1) is 29.9. The van der Waals surface area contributed by atoms with Crippen LogP contribution in [0.1, 0.15) is 76.5 Å². The minimum absolute atomic E-state index is 0.00661. The van der Waals surface area contributed by atoms with Crippen LogP contribution in [0.4, 0.5) is 25.4 Å². The Bertz CT molecular complexity index is 2650. The molecule has 9 rings (SSSR count). The number of primary amides is 3. The van der Waals surface area contributed by atoms with Crippen molar-refractivity contribution in [2.45, 2.75) is 56.0 Å². The standard InChI is InChI=1S/C22H21FN8O3S.C18H18FN7O/c23-12-3-1-8-26-17(12)22(6-2-7-22)10-27-15-5-4-13(29-30-15)20-28-16(19(25)33)21(35-20)31-9-14(18(24)32)34-11-31;19-14-3-1-8-21-16(14)18(6-2-7-18)23-15-5-4-13(24-25-15)11-26-10-12(9-22-26)17(20)27/h1,3-5,8-9H,2,6-7,10-11H2,(H2,24,32)(H2,25,33)(H,27,30);1,3-5,8-10H,2,6-7,11H2,(H2,20,27)(H,23,25). The second-order valence-corrected chi connectivity index (χ2v) is 15.8. The number of carbonyl (C=O) groups excluding carboxylic acids is 3. The molecule has 8 N–H and O–H groups in total. The van der Waals surface area contributed by atoms with Gasteiger partial charge in [-0.05, 0) is 80.6 Å². The van der Waals surface area contributed by atoms with Crippen LogP contribution in [0.15, 0.2) is 85.3 Å². The van der Waals surface area contributed by atoms with Crippen molar-refractivity contribution in [3.63, 3.8) is 0 Å². The smallest absolute Gasteiger partial charge is 0.285 e. The zero-order valence-corrected chi connectivity index (χ0v) is 33.7. The van der Waals surface area contributed by atoms with E-state index in [-0.39, 0.29) is 35.2 Å². The maximum Gasteiger partial charge on any atom is 0.285 e. The van der Waals surface area contributed by atoms with E-state index >= 15 is 0 Å². The Morgan fingerprint density at radius 1 is 0.823 bits per heavy atom. The molecule has 6 aromatic rings. The molecule has 0 atom stereocenters. The van der Waals surface area contributed by atoms with Gasteiger partial charge in [0.1, 0.15) is 44.7 Å². The maximum absolute atomic E-state index is 14.3. The first-order valence-electron chi connectivity index (χ1n) is 19.4. The second-order valence-electron chi connectivity index (χ2n) is 14.9. The molecular weight excluding hydrogens is 825 g/mol. The highest BCUT2D eigenvalue weighted by molar-refractivity contribution is 7.19. The summed E-state index contributed by atoms with van der Waals surface area (Å²) in [5, 5.41) is 28.2. The van der Waals surface area contributed by atoms with Crippen molar-refractivity contribution < 1.29 is 27.9 Å². The number of nitrogens with zero attached hydrogens (tertiary/aromatic N) is 10. The van der Waals surface area contributed by atoms with E-state index in [4.69, 9.17) is 21.9 Å². The van der Waals surface area contributed by atoms with Crippen LogP contribution >= 0.6 is 11.3 Å². The molecule has 2 fully saturated rings. The third-order valence-electron chi connectivity index (χ3n) is 10.8. The van der Waals surface area contributed by atoms with Crippen molar-refractivity contribution in [2.75, 3.05) is 28.8 Å². The third kappa shape index (κ3) is 8.57. The van der Waals surface area contributed by atoms with Crippen molar-refractivity contribution in [3.8, 4) is 10.7 Å². The molecule has 62 heavy (non-hydrogen) atoms. The molecule has 0 radical (unpaired) electrons. The first-order valence-corrected chi connectivity index (χ1v) is 20.2. The van der Waals surface area contributed by atoms with Gasteiger partial charge >= 0.3 is 0 Å². The van der Waals surface area contributed by atoms with Gasteiger partial charge in [0.2, 0.25) is 5.76 Å². The molecule has 0 bridgehead atoms. The molecule has 7 heterocycles. The van der Waals surface area contributed by atoms with E-state index in [9.17, 15) is 23.2 Å². The van der Waals surface area contributed by atoms with Gasteiger partial charge < -0.3 is 37.5 Å². The number of halogens is 2. The van der Waals surface area contributed by atoms with E-state index in [0.29, 0.717) is 63.1 Å². The molecule has 3 amide bonds. The van der Waals surface area contributed by atoms with Gasteiger partial charge in [-0.3, -0.25) is 29.0 Å². The molecule has 1 aliphatic heterocycles. The Kier molecular flexibility index (Phi) is 11.5.